The largest absolute Gasteiger partial charge is 0.473 e. The van der Waals surface area contributed by atoms with Gasteiger partial charge < -0.3 is 10.1 Å². The van der Waals surface area contributed by atoms with E-state index in [-0.39, 0.29) is 23.4 Å². The average molecular weight is 310 g/mol. The van der Waals surface area contributed by atoms with Crippen molar-refractivity contribution >= 4 is 11.5 Å². The lowest BCUT2D eigenvalue weighted by Gasteiger charge is -2.15. The molecule has 0 saturated carbocycles. The van der Waals surface area contributed by atoms with Crippen molar-refractivity contribution < 1.29 is 9.66 Å². The number of nitrogens with zero attached hydrogens (tertiary/aromatic N) is 3. The molecule has 0 saturated heterocycles. The molecule has 1 heterocycles. The number of aromatic nitrogens is 2. The number of aryl methyl sites for hydroxylation is 1. The lowest BCUT2D eigenvalue weighted by Crippen LogP contribution is -2.18. The van der Waals surface area contributed by atoms with E-state index in [1.165, 1.54) is 0 Å². The van der Waals surface area contributed by atoms with Crippen LogP contribution in [0.2, 0.25) is 0 Å². The Balaban J connectivity index is 3.21. The van der Waals surface area contributed by atoms with Crippen LogP contribution in [0.25, 0.3) is 0 Å². The van der Waals surface area contributed by atoms with Crippen molar-refractivity contribution in [1.82, 2.24) is 9.97 Å². The minimum Gasteiger partial charge on any atom is -0.473 e. The van der Waals surface area contributed by atoms with Crippen LogP contribution >= 0.6 is 0 Å². The maximum Gasteiger partial charge on any atom is 0.372 e. The van der Waals surface area contributed by atoms with Crippen molar-refractivity contribution in [2.45, 2.75) is 65.8 Å². The molecule has 0 fully saturated rings. The van der Waals surface area contributed by atoms with Gasteiger partial charge in [0.2, 0.25) is 5.82 Å². The molecule has 0 bridgehead atoms. The average Bonchev–Trinajstić information content (AvgIpc) is 2.47. The highest BCUT2D eigenvalue weighted by molar-refractivity contribution is 5.62. The lowest BCUT2D eigenvalue weighted by molar-refractivity contribution is -0.385. The number of ether oxygens (including phenoxy) is 1. The van der Waals surface area contributed by atoms with Crippen LogP contribution in [0.15, 0.2) is 0 Å². The van der Waals surface area contributed by atoms with E-state index in [9.17, 15) is 10.1 Å². The summed E-state index contributed by atoms with van der Waals surface area (Å²) in [5, 5.41) is 14.5. The molecular weight excluding hydrogens is 284 g/mol. The van der Waals surface area contributed by atoms with E-state index in [2.05, 4.69) is 15.3 Å². The fourth-order valence-corrected chi connectivity index (χ4v) is 1.83. The molecule has 1 unspecified atom stereocenters. The molecule has 0 aromatic carbocycles. The van der Waals surface area contributed by atoms with Crippen LogP contribution < -0.4 is 10.1 Å². The van der Waals surface area contributed by atoms with Gasteiger partial charge in [-0.05, 0) is 26.2 Å². The predicted molar refractivity (Wildman–Crippen MR) is 86.5 cm³/mol. The molecule has 1 rings (SSSR count). The summed E-state index contributed by atoms with van der Waals surface area (Å²) in [5.41, 5.74) is -0.170. The summed E-state index contributed by atoms with van der Waals surface area (Å²) in [6, 6.07) is 0.0894. The minimum absolute atomic E-state index is 0.0719. The Morgan fingerprint density at radius 2 is 2.00 bits per heavy atom. The van der Waals surface area contributed by atoms with Gasteiger partial charge in [0, 0.05) is 12.5 Å². The first-order chi connectivity index (χ1) is 10.5. The van der Waals surface area contributed by atoms with Gasteiger partial charge in [-0.25, -0.2) is 4.98 Å². The fraction of sp³-hybridized carbons (Fsp3) is 0.733. The van der Waals surface area contributed by atoms with Crippen LogP contribution in [0, 0.1) is 10.1 Å². The zero-order valence-corrected chi connectivity index (χ0v) is 13.9. The van der Waals surface area contributed by atoms with Crippen LogP contribution in [-0.2, 0) is 6.42 Å². The molecular formula is C15H26N4O3. The second-order valence-corrected chi connectivity index (χ2v) is 5.30. The molecule has 22 heavy (non-hydrogen) atoms. The molecule has 0 spiro atoms. The van der Waals surface area contributed by atoms with E-state index in [0.717, 1.165) is 25.7 Å². The molecule has 1 N–H and O–H groups in total. The van der Waals surface area contributed by atoms with E-state index < -0.39 is 4.92 Å². The second kappa shape index (κ2) is 9.17. The fourth-order valence-electron chi connectivity index (χ4n) is 1.83. The Kier molecular flexibility index (Phi) is 7.56. The molecule has 1 atom stereocenters. The van der Waals surface area contributed by atoms with Crippen molar-refractivity contribution in [3.05, 3.63) is 15.9 Å². The molecule has 1 aromatic heterocycles. The van der Waals surface area contributed by atoms with E-state index in [4.69, 9.17) is 4.74 Å². The normalized spacial score (nSPS) is 12.0. The number of hydrogen-bond acceptors (Lipinski definition) is 6. The van der Waals surface area contributed by atoms with Crippen molar-refractivity contribution in [1.29, 1.82) is 0 Å². The molecule has 0 amide bonds. The zero-order chi connectivity index (χ0) is 16.5. The van der Waals surface area contributed by atoms with E-state index in [1.54, 1.807) is 0 Å². The topological polar surface area (TPSA) is 90.2 Å². The molecule has 0 aliphatic heterocycles. The number of nitro groups is 1. The summed E-state index contributed by atoms with van der Waals surface area (Å²) in [7, 11) is 0. The Morgan fingerprint density at radius 1 is 1.27 bits per heavy atom. The van der Waals surface area contributed by atoms with Crippen molar-refractivity contribution in [2.75, 3.05) is 11.9 Å². The number of nitrogens with one attached hydrogen (secondary N) is 1. The molecule has 0 radical (unpaired) electrons. The van der Waals surface area contributed by atoms with Gasteiger partial charge >= 0.3 is 5.69 Å². The highest BCUT2D eigenvalue weighted by atomic mass is 16.6. The molecule has 124 valence electrons. The van der Waals surface area contributed by atoms with Gasteiger partial charge in [-0.15, -0.1) is 0 Å². The number of unbranched alkanes of at least 4 members (excludes halogenated alkanes) is 1. The smallest absolute Gasteiger partial charge is 0.372 e. The maximum absolute atomic E-state index is 11.4. The van der Waals surface area contributed by atoms with Gasteiger partial charge in [0.25, 0.3) is 5.88 Å². The number of anilines is 1. The van der Waals surface area contributed by atoms with Gasteiger partial charge in [-0.2, -0.15) is 4.98 Å². The standard InChI is InChI=1S/C15H26N4O3/c1-5-8-10-22-15-13(19(20)21)14(16-11(4)7-3)17-12(18-15)9-6-2/h11H,5-10H2,1-4H3,(H,16,17,18). The quantitative estimate of drug-likeness (QED) is 0.402. The Hall–Kier alpha value is -1.92. The van der Waals surface area contributed by atoms with Crippen LogP contribution in [-0.4, -0.2) is 27.5 Å². The van der Waals surface area contributed by atoms with Gasteiger partial charge in [0.15, 0.2) is 0 Å². The Labute approximate surface area is 131 Å². The lowest BCUT2D eigenvalue weighted by atomic mass is 10.2. The first-order valence-corrected chi connectivity index (χ1v) is 7.98. The summed E-state index contributed by atoms with van der Waals surface area (Å²) >= 11 is 0. The molecule has 7 heteroatoms. The summed E-state index contributed by atoms with van der Waals surface area (Å²) in [5.74, 6) is 0.900. The third kappa shape index (κ3) is 5.13. The van der Waals surface area contributed by atoms with Crippen LogP contribution in [0.4, 0.5) is 11.5 Å². The molecule has 0 aliphatic rings. The minimum atomic E-state index is -0.471. The van der Waals surface area contributed by atoms with Gasteiger partial charge in [-0.3, -0.25) is 10.1 Å². The number of hydrogen-bond donors (Lipinski definition) is 1. The predicted octanol–water partition coefficient (Wildman–Crippen LogP) is 3.73. The highest BCUT2D eigenvalue weighted by Crippen LogP contribution is 2.33. The van der Waals surface area contributed by atoms with E-state index in [1.807, 2.05) is 27.7 Å². The van der Waals surface area contributed by atoms with Crippen LogP contribution in [0.5, 0.6) is 5.88 Å². The summed E-state index contributed by atoms with van der Waals surface area (Å²) in [4.78, 5) is 19.5. The van der Waals surface area contributed by atoms with Crippen LogP contribution in [0.1, 0.15) is 59.2 Å². The SMILES string of the molecule is CCCCOc1nc(CCC)nc(NC(C)CC)c1[N+](=O)[O-]. The highest BCUT2D eigenvalue weighted by Gasteiger charge is 2.27. The van der Waals surface area contributed by atoms with Gasteiger partial charge in [-0.1, -0.05) is 27.2 Å². The van der Waals surface area contributed by atoms with Crippen molar-refractivity contribution in [3.63, 3.8) is 0 Å². The summed E-state index contributed by atoms with van der Waals surface area (Å²) in [6.45, 7) is 8.45. The Morgan fingerprint density at radius 3 is 2.55 bits per heavy atom. The molecule has 1 aromatic rings. The van der Waals surface area contributed by atoms with Crippen LogP contribution in [0.3, 0.4) is 0 Å². The molecule has 7 nitrogen and oxygen atoms in total. The molecule has 0 aliphatic carbocycles. The van der Waals surface area contributed by atoms with Crippen molar-refractivity contribution in [2.24, 2.45) is 0 Å². The van der Waals surface area contributed by atoms with E-state index in [0.29, 0.717) is 18.9 Å². The monoisotopic (exact) mass is 310 g/mol. The summed E-state index contributed by atoms with van der Waals surface area (Å²) < 4.78 is 5.55. The zero-order valence-electron chi connectivity index (χ0n) is 13.9. The Bertz CT molecular complexity index is 494. The number of rotatable bonds is 10. The first kappa shape index (κ1) is 18.1. The third-order valence-electron chi connectivity index (χ3n) is 3.29. The third-order valence-corrected chi connectivity index (χ3v) is 3.29. The van der Waals surface area contributed by atoms with Gasteiger partial charge in [0.05, 0.1) is 11.5 Å². The van der Waals surface area contributed by atoms with E-state index >= 15 is 0 Å². The summed E-state index contributed by atoms with van der Waals surface area (Å²) in [6.07, 6.45) is 4.17. The first-order valence-electron chi connectivity index (χ1n) is 7.98. The second-order valence-electron chi connectivity index (χ2n) is 5.30. The van der Waals surface area contributed by atoms with Gasteiger partial charge in [0.1, 0.15) is 5.82 Å². The van der Waals surface area contributed by atoms with Crippen molar-refractivity contribution in [3.8, 4) is 5.88 Å². The maximum atomic E-state index is 11.4.